The van der Waals surface area contributed by atoms with Crippen molar-refractivity contribution in [3.8, 4) is 0 Å². The molecular weight excluding hydrogens is 250 g/mol. The number of carbonyl (C=O) groups is 1. The van der Waals surface area contributed by atoms with Gasteiger partial charge in [-0.1, -0.05) is 13.0 Å². The second-order valence-corrected chi connectivity index (χ2v) is 5.22. The van der Waals surface area contributed by atoms with Crippen molar-refractivity contribution in [2.24, 2.45) is 0 Å². The van der Waals surface area contributed by atoms with E-state index in [2.05, 4.69) is 33.5 Å². The molecule has 4 nitrogen and oxygen atoms in total. The molecule has 2 heterocycles. The number of carbonyl (C=O) groups excluding carboxylic acids is 1. The highest BCUT2D eigenvalue weighted by Gasteiger charge is 2.18. The molecule has 1 amide bonds. The van der Waals surface area contributed by atoms with Gasteiger partial charge in [0, 0.05) is 30.2 Å². The molecule has 3 rings (SSSR count). The highest BCUT2D eigenvalue weighted by atomic mass is 16.1. The first kappa shape index (κ1) is 12.9. The van der Waals surface area contributed by atoms with Crippen LogP contribution in [0.3, 0.4) is 0 Å². The predicted molar refractivity (Wildman–Crippen MR) is 80.1 cm³/mol. The number of nitrogens with one attached hydrogen (secondary N) is 2. The van der Waals surface area contributed by atoms with Gasteiger partial charge in [0.15, 0.2) is 0 Å². The van der Waals surface area contributed by atoms with Crippen molar-refractivity contribution in [3.63, 3.8) is 0 Å². The molecule has 1 atom stereocenters. The number of fused-ring (bicyclic) bond motifs is 1. The van der Waals surface area contributed by atoms with E-state index in [1.807, 2.05) is 19.3 Å². The van der Waals surface area contributed by atoms with Gasteiger partial charge in [-0.15, -0.1) is 0 Å². The van der Waals surface area contributed by atoms with E-state index in [1.54, 1.807) is 0 Å². The lowest BCUT2D eigenvalue weighted by atomic mass is 9.90. The van der Waals surface area contributed by atoms with Crippen molar-refractivity contribution in [1.29, 1.82) is 0 Å². The van der Waals surface area contributed by atoms with Crippen LogP contribution in [0.15, 0.2) is 30.6 Å². The number of H-pyrrole nitrogens is 1. The average Bonchev–Trinajstić information content (AvgIpc) is 2.96. The van der Waals surface area contributed by atoms with Crippen LogP contribution in [0, 0.1) is 0 Å². The second kappa shape index (κ2) is 5.49. The van der Waals surface area contributed by atoms with E-state index >= 15 is 0 Å². The summed E-state index contributed by atoms with van der Waals surface area (Å²) in [6.45, 7) is 1.89. The van der Waals surface area contributed by atoms with Gasteiger partial charge >= 0.3 is 0 Å². The molecule has 2 aromatic heterocycles. The first-order valence-electron chi connectivity index (χ1n) is 7.18. The number of nitrogens with zero attached hydrogens (tertiary/aromatic N) is 1. The van der Waals surface area contributed by atoms with E-state index in [4.69, 9.17) is 0 Å². The van der Waals surface area contributed by atoms with E-state index in [0.717, 1.165) is 24.9 Å². The van der Waals surface area contributed by atoms with Crippen LogP contribution in [0.5, 0.6) is 0 Å². The van der Waals surface area contributed by atoms with E-state index in [0.29, 0.717) is 6.42 Å². The molecule has 4 heteroatoms. The molecule has 0 aliphatic heterocycles. The Bertz CT molecular complexity index is 657. The summed E-state index contributed by atoms with van der Waals surface area (Å²) in [4.78, 5) is 18.9. The van der Waals surface area contributed by atoms with Crippen molar-refractivity contribution >= 4 is 22.5 Å². The number of hydrogen-bond acceptors (Lipinski definition) is 2. The van der Waals surface area contributed by atoms with Crippen molar-refractivity contribution in [1.82, 2.24) is 15.3 Å². The molecule has 1 aliphatic rings. The number of hydrogen-bond donors (Lipinski definition) is 2. The summed E-state index contributed by atoms with van der Waals surface area (Å²) in [6, 6.07) is 4.44. The maximum atomic E-state index is 11.4. The minimum atomic E-state index is 0.142. The van der Waals surface area contributed by atoms with E-state index in [9.17, 15) is 4.79 Å². The van der Waals surface area contributed by atoms with Crippen molar-refractivity contribution < 1.29 is 4.79 Å². The quantitative estimate of drug-likeness (QED) is 0.899. The summed E-state index contributed by atoms with van der Waals surface area (Å²) in [6.07, 6.45) is 9.50. The number of allylic oxidation sites excluding steroid dienone is 1. The Hall–Kier alpha value is -2.10. The van der Waals surface area contributed by atoms with Crippen LogP contribution in [-0.4, -0.2) is 21.9 Å². The van der Waals surface area contributed by atoms with Gasteiger partial charge in [-0.2, -0.15) is 0 Å². The Labute approximate surface area is 118 Å². The number of rotatable bonds is 3. The molecule has 104 valence electrons. The average molecular weight is 269 g/mol. The zero-order valence-corrected chi connectivity index (χ0v) is 11.6. The standard InChI is InChI=1S/C16H19N3O/c1-2-15(20)19-12-5-3-11(4-6-12)13-7-9-17-16-14(13)8-10-18-16/h3,7-10,12H,2,4-6H2,1H3,(H,17,18)(H,19,20). The third-order valence-corrected chi connectivity index (χ3v) is 3.90. The summed E-state index contributed by atoms with van der Waals surface area (Å²) in [7, 11) is 0. The van der Waals surface area contributed by atoms with Crippen LogP contribution in [0.2, 0.25) is 0 Å². The normalized spacial score (nSPS) is 18.9. The van der Waals surface area contributed by atoms with Gasteiger partial charge < -0.3 is 10.3 Å². The van der Waals surface area contributed by atoms with Gasteiger partial charge in [-0.3, -0.25) is 4.79 Å². The maximum Gasteiger partial charge on any atom is 0.219 e. The van der Waals surface area contributed by atoms with Gasteiger partial charge in [0.2, 0.25) is 5.91 Å². The molecule has 0 spiro atoms. The van der Waals surface area contributed by atoms with Crippen molar-refractivity contribution in [3.05, 3.63) is 36.2 Å². The fourth-order valence-corrected chi connectivity index (χ4v) is 2.78. The molecular formula is C16H19N3O. The molecule has 0 fully saturated rings. The molecule has 0 saturated carbocycles. The SMILES string of the molecule is CCC(=O)NC1CC=C(c2ccnc3[nH]ccc23)CC1. The predicted octanol–water partition coefficient (Wildman–Crippen LogP) is 3.03. The van der Waals surface area contributed by atoms with Crippen molar-refractivity contribution in [2.45, 2.75) is 38.6 Å². The summed E-state index contributed by atoms with van der Waals surface area (Å²) >= 11 is 0. The number of pyridine rings is 1. The number of aromatic nitrogens is 2. The Morgan fingerprint density at radius 1 is 1.50 bits per heavy atom. The Morgan fingerprint density at radius 3 is 3.15 bits per heavy atom. The molecule has 1 unspecified atom stereocenters. The van der Waals surface area contributed by atoms with E-state index in [-0.39, 0.29) is 11.9 Å². The number of aromatic amines is 1. The van der Waals surface area contributed by atoms with Crippen LogP contribution in [0.4, 0.5) is 0 Å². The lowest BCUT2D eigenvalue weighted by Gasteiger charge is -2.23. The zero-order valence-electron chi connectivity index (χ0n) is 11.6. The van der Waals surface area contributed by atoms with Crippen LogP contribution in [-0.2, 0) is 4.79 Å². The molecule has 20 heavy (non-hydrogen) atoms. The smallest absolute Gasteiger partial charge is 0.219 e. The van der Waals surface area contributed by atoms with Crippen LogP contribution in [0.1, 0.15) is 38.2 Å². The third-order valence-electron chi connectivity index (χ3n) is 3.90. The second-order valence-electron chi connectivity index (χ2n) is 5.22. The summed E-state index contributed by atoms with van der Waals surface area (Å²) in [5, 5.41) is 4.25. The molecule has 0 saturated heterocycles. The van der Waals surface area contributed by atoms with Crippen LogP contribution >= 0.6 is 0 Å². The van der Waals surface area contributed by atoms with Gasteiger partial charge in [0.1, 0.15) is 5.65 Å². The van der Waals surface area contributed by atoms with E-state index < -0.39 is 0 Å². The first-order chi connectivity index (χ1) is 9.78. The fraction of sp³-hybridized carbons (Fsp3) is 0.375. The minimum absolute atomic E-state index is 0.142. The lowest BCUT2D eigenvalue weighted by molar-refractivity contribution is -0.121. The zero-order chi connectivity index (χ0) is 13.9. The molecule has 0 aromatic carbocycles. The summed E-state index contributed by atoms with van der Waals surface area (Å²) < 4.78 is 0. The number of amides is 1. The van der Waals surface area contributed by atoms with Crippen LogP contribution < -0.4 is 5.32 Å². The Morgan fingerprint density at radius 2 is 2.40 bits per heavy atom. The summed E-state index contributed by atoms with van der Waals surface area (Å²) in [5.74, 6) is 0.142. The molecule has 2 aromatic rings. The molecule has 1 aliphatic carbocycles. The van der Waals surface area contributed by atoms with Gasteiger partial charge in [-0.05, 0) is 42.5 Å². The molecule has 0 radical (unpaired) electrons. The monoisotopic (exact) mass is 269 g/mol. The van der Waals surface area contributed by atoms with Gasteiger partial charge in [-0.25, -0.2) is 4.98 Å². The third kappa shape index (κ3) is 2.46. The molecule has 0 bridgehead atoms. The highest BCUT2D eigenvalue weighted by Crippen LogP contribution is 2.30. The molecule has 2 N–H and O–H groups in total. The summed E-state index contributed by atoms with van der Waals surface area (Å²) in [5.41, 5.74) is 3.56. The highest BCUT2D eigenvalue weighted by molar-refractivity contribution is 5.90. The van der Waals surface area contributed by atoms with E-state index in [1.165, 1.54) is 16.5 Å². The topological polar surface area (TPSA) is 57.8 Å². The van der Waals surface area contributed by atoms with Gasteiger partial charge in [0.05, 0.1) is 0 Å². The maximum absolute atomic E-state index is 11.4. The largest absolute Gasteiger partial charge is 0.353 e. The first-order valence-corrected chi connectivity index (χ1v) is 7.18. The fourth-order valence-electron chi connectivity index (χ4n) is 2.78. The van der Waals surface area contributed by atoms with Crippen molar-refractivity contribution in [2.75, 3.05) is 0 Å². The Balaban J connectivity index is 1.79. The minimum Gasteiger partial charge on any atom is -0.353 e. The van der Waals surface area contributed by atoms with Crippen LogP contribution in [0.25, 0.3) is 16.6 Å². The van der Waals surface area contributed by atoms with Gasteiger partial charge in [0.25, 0.3) is 0 Å². The lowest BCUT2D eigenvalue weighted by Crippen LogP contribution is -2.35. The Kier molecular flexibility index (Phi) is 3.54.